The molecule has 2 aromatic carbocycles. The molecule has 4 rings (SSSR count). The summed E-state index contributed by atoms with van der Waals surface area (Å²) in [6, 6.07) is 18.2. The molecule has 3 nitrogen and oxygen atoms in total. The number of aromatic amines is 1. The van der Waals surface area contributed by atoms with Crippen LogP contribution in [-0.4, -0.2) is 9.97 Å². The van der Waals surface area contributed by atoms with Gasteiger partial charge in [0.2, 0.25) is 0 Å². The predicted molar refractivity (Wildman–Crippen MR) is 112 cm³/mol. The van der Waals surface area contributed by atoms with Crippen molar-refractivity contribution in [1.82, 2.24) is 9.97 Å². The maximum atomic E-state index is 12.9. The van der Waals surface area contributed by atoms with Crippen molar-refractivity contribution in [3.63, 3.8) is 0 Å². The van der Waals surface area contributed by atoms with Gasteiger partial charge in [-0.3, -0.25) is 4.79 Å². The monoisotopic (exact) mass is 424 g/mol. The molecule has 26 heavy (non-hydrogen) atoms. The number of nitrogens with one attached hydrogen (secondary N) is 1. The molecular formula is C21H17BrN2OS. The first-order valence-corrected chi connectivity index (χ1v) is 10.1. The van der Waals surface area contributed by atoms with Crippen molar-refractivity contribution < 1.29 is 0 Å². The van der Waals surface area contributed by atoms with Gasteiger partial charge in [-0.1, -0.05) is 65.3 Å². The number of fused-ring (bicyclic) bond motifs is 1. The highest BCUT2D eigenvalue weighted by atomic mass is 79.9. The lowest BCUT2D eigenvalue weighted by Gasteiger charge is -2.04. The lowest BCUT2D eigenvalue weighted by Crippen LogP contribution is -2.11. The number of aryl methyl sites for hydroxylation is 1. The summed E-state index contributed by atoms with van der Waals surface area (Å²) < 4.78 is 1.02. The Morgan fingerprint density at radius 2 is 1.81 bits per heavy atom. The number of aromatic nitrogens is 2. The minimum absolute atomic E-state index is 0.0604. The van der Waals surface area contributed by atoms with Crippen molar-refractivity contribution in [2.75, 3.05) is 0 Å². The van der Waals surface area contributed by atoms with E-state index in [4.69, 9.17) is 4.98 Å². The van der Waals surface area contributed by atoms with Crippen LogP contribution in [0.2, 0.25) is 0 Å². The third-order valence-corrected chi connectivity index (χ3v) is 6.11. The molecule has 0 unspecified atom stereocenters. The smallest absolute Gasteiger partial charge is 0.260 e. The summed E-state index contributed by atoms with van der Waals surface area (Å²) in [5.41, 5.74) is 3.14. The molecule has 4 aromatic rings. The van der Waals surface area contributed by atoms with Gasteiger partial charge in [0, 0.05) is 21.3 Å². The summed E-state index contributed by atoms with van der Waals surface area (Å²) in [5, 5.41) is 0.700. The first-order valence-electron chi connectivity index (χ1n) is 8.50. The molecule has 1 N–H and O–H groups in total. The molecule has 0 radical (unpaired) electrons. The van der Waals surface area contributed by atoms with Crippen LogP contribution in [0, 0.1) is 0 Å². The van der Waals surface area contributed by atoms with Crippen LogP contribution in [0.25, 0.3) is 21.3 Å². The highest BCUT2D eigenvalue weighted by Crippen LogP contribution is 2.37. The maximum absolute atomic E-state index is 12.9. The van der Waals surface area contributed by atoms with Crippen molar-refractivity contribution in [3.05, 3.63) is 85.7 Å². The number of hydrogen-bond donors (Lipinski definition) is 1. The number of nitrogens with zero attached hydrogens (tertiary/aromatic N) is 1. The van der Waals surface area contributed by atoms with Gasteiger partial charge in [0.05, 0.1) is 5.39 Å². The molecule has 0 amide bonds. The molecule has 2 aromatic heterocycles. The Kier molecular flexibility index (Phi) is 4.74. The Labute approximate surface area is 163 Å². The lowest BCUT2D eigenvalue weighted by molar-refractivity contribution is 0.977. The van der Waals surface area contributed by atoms with E-state index < -0.39 is 0 Å². The zero-order valence-electron chi connectivity index (χ0n) is 14.3. The third-order valence-electron chi connectivity index (χ3n) is 4.35. The van der Waals surface area contributed by atoms with Crippen LogP contribution in [0.5, 0.6) is 0 Å². The maximum Gasteiger partial charge on any atom is 0.260 e. The quantitative estimate of drug-likeness (QED) is 0.465. The molecule has 0 aliphatic heterocycles. The second-order valence-corrected chi connectivity index (χ2v) is 8.12. The van der Waals surface area contributed by atoms with E-state index in [2.05, 4.69) is 27.8 Å². The molecule has 0 saturated carbocycles. The van der Waals surface area contributed by atoms with Crippen LogP contribution in [0.15, 0.2) is 63.9 Å². The summed E-state index contributed by atoms with van der Waals surface area (Å²) >= 11 is 5.09. The first-order chi connectivity index (χ1) is 12.7. The second-order valence-electron chi connectivity index (χ2n) is 6.12. The van der Waals surface area contributed by atoms with Gasteiger partial charge in [0.1, 0.15) is 10.7 Å². The van der Waals surface area contributed by atoms with Crippen LogP contribution >= 0.6 is 27.3 Å². The van der Waals surface area contributed by atoms with Gasteiger partial charge in [-0.2, -0.15) is 0 Å². The Bertz CT molecular complexity index is 1110. The number of halogens is 1. The highest BCUT2D eigenvalue weighted by molar-refractivity contribution is 9.10. The average molecular weight is 425 g/mol. The molecule has 0 aliphatic carbocycles. The Morgan fingerprint density at radius 1 is 1.08 bits per heavy atom. The average Bonchev–Trinajstić information content (AvgIpc) is 3.02. The molecule has 0 aliphatic rings. The van der Waals surface area contributed by atoms with E-state index in [0.717, 1.165) is 32.4 Å². The van der Waals surface area contributed by atoms with E-state index in [1.807, 2.05) is 54.6 Å². The van der Waals surface area contributed by atoms with E-state index in [1.54, 1.807) is 11.3 Å². The molecule has 0 atom stereocenters. The second kappa shape index (κ2) is 7.17. The van der Waals surface area contributed by atoms with Crippen molar-refractivity contribution in [1.29, 1.82) is 0 Å². The summed E-state index contributed by atoms with van der Waals surface area (Å²) in [6.07, 6.45) is 1.50. The van der Waals surface area contributed by atoms with Gasteiger partial charge in [-0.15, -0.1) is 11.3 Å². The first kappa shape index (κ1) is 17.2. The van der Waals surface area contributed by atoms with Crippen molar-refractivity contribution in [2.45, 2.75) is 19.8 Å². The fourth-order valence-electron chi connectivity index (χ4n) is 3.14. The van der Waals surface area contributed by atoms with E-state index >= 15 is 0 Å². The zero-order valence-corrected chi connectivity index (χ0v) is 16.7. The minimum atomic E-state index is -0.0604. The molecule has 0 spiro atoms. The molecule has 5 heteroatoms. The van der Waals surface area contributed by atoms with Crippen LogP contribution < -0.4 is 5.56 Å². The SMILES string of the molecule is CCc1sc2nc(Cc3ccccc3)[nH]c(=O)c2c1-c1ccc(Br)cc1. The van der Waals surface area contributed by atoms with Gasteiger partial charge in [0.15, 0.2) is 0 Å². The number of hydrogen-bond acceptors (Lipinski definition) is 3. The number of H-pyrrole nitrogens is 1. The van der Waals surface area contributed by atoms with E-state index in [-0.39, 0.29) is 5.56 Å². The molecule has 130 valence electrons. The molecule has 2 heterocycles. The van der Waals surface area contributed by atoms with E-state index in [9.17, 15) is 4.79 Å². The standard InChI is InChI=1S/C21H17BrN2OS/c1-2-16-18(14-8-10-15(22)11-9-14)19-20(25)23-17(24-21(19)26-16)12-13-6-4-3-5-7-13/h3-11H,2,12H2,1H3,(H,23,24,25). The van der Waals surface area contributed by atoms with Gasteiger partial charge >= 0.3 is 0 Å². The number of thiophene rings is 1. The normalized spacial score (nSPS) is 11.2. The van der Waals surface area contributed by atoms with Crippen molar-refractivity contribution in [2.24, 2.45) is 0 Å². The third kappa shape index (κ3) is 3.24. The topological polar surface area (TPSA) is 45.8 Å². The molecule has 0 saturated heterocycles. The molecule has 0 bridgehead atoms. The van der Waals surface area contributed by atoms with Gasteiger partial charge < -0.3 is 4.98 Å². The number of benzene rings is 2. The Hall–Kier alpha value is -2.24. The molecule has 0 fully saturated rings. The molecular weight excluding hydrogens is 408 g/mol. The van der Waals surface area contributed by atoms with Crippen LogP contribution in [0.1, 0.15) is 23.2 Å². The fraction of sp³-hybridized carbons (Fsp3) is 0.143. The Balaban J connectivity index is 1.86. The summed E-state index contributed by atoms with van der Waals surface area (Å²) in [6.45, 7) is 2.12. The minimum Gasteiger partial charge on any atom is -0.310 e. The lowest BCUT2D eigenvalue weighted by atomic mass is 10.0. The van der Waals surface area contributed by atoms with Crippen molar-refractivity contribution in [3.8, 4) is 11.1 Å². The predicted octanol–water partition coefficient (Wildman–Crippen LogP) is 5.57. The Morgan fingerprint density at radius 3 is 2.50 bits per heavy atom. The van der Waals surface area contributed by atoms with Crippen LogP contribution in [-0.2, 0) is 12.8 Å². The fourth-order valence-corrected chi connectivity index (χ4v) is 4.56. The summed E-state index contributed by atoms with van der Waals surface area (Å²) in [5.74, 6) is 0.708. The number of rotatable bonds is 4. The largest absolute Gasteiger partial charge is 0.310 e. The van der Waals surface area contributed by atoms with E-state index in [1.165, 1.54) is 4.88 Å². The van der Waals surface area contributed by atoms with Gasteiger partial charge in [-0.25, -0.2) is 4.98 Å². The van der Waals surface area contributed by atoms with Gasteiger partial charge in [-0.05, 0) is 29.7 Å². The van der Waals surface area contributed by atoms with Crippen molar-refractivity contribution >= 4 is 37.5 Å². The zero-order chi connectivity index (χ0) is 18.1. The highest BCUT2D eigenvalue weighted by Gasteiger charge is 2.18. The van der Waals surface area contributed by atoms with E-state index in [0.29, 0.717) is 17.6 Å². The summed E-state index contributed by atoms with van der Waals surface area (Å²) in [4.78, 5) is 22.6. The summed E-state index contributed by atoms with van der Waals surface area (Å²) in [7, 11) is 0. The van der Waals surface area contributed by atoms with Crippen LogP contribution in [0.3, 0.4) is 0 Å². The van der Waals surface area contributed by atoms with Gasteiger partial charge in [0.25, 0.3) is 5.56 Å². The van der Waals surface area contributed by atoms with Crippen LogP contribution in [0.4, 0.5) is 0 Å².